The minimum Gasteiger partial charge on any atom is -0.309 e. The maximum Gasteiger partial charge on any atom is 0.295 e. The van der Waals surface area contributed by atoms with Crippen LogP contribution in [0, 0.1) is 6.92 Å². The molecule has 8 heteroatoms. The van der Waals surface area contributed by atoms with Crippen molar-refractivity contribution in [2.75, 3.05) is 25.5 Å². The zero-order valence-electron chi connectivity index (χ0n) is 15.3. The molecule has 0 bridgehead atoms. The Labute approximate surface area is 160 Å². The molecule has 0 spiro atoms. The first-order valence-electron chi connectivity index (χ1n) is 8.90. The van der Waals surface area contributed by atoms with Crippen LogP contribution < -0.4 is 10.9 Å². The number of carbonyl (C=O) groups excluding carboxylic acids is 1. The number of aryl methyl sites for hydroxylation is 1. The first kappa shape index (κ1) is 17.8. The molecule has 1 aromatic carbocycles. The summed E-state index contributed by atoms with van der Waals surface area (Å²) in [5.74, 6) is 0.504. The number of carbonyl (C=O) groups is 1. The molecule has 1 saturated heterocycles. The van der Waals surface area contributed by atoms with E-state index in [0.29, 0.717) is 16.5 Å². The zero-order chi connectivity index (χ0) is 19.0. The molecule has 1 fully saturated rings. The van der Waals surface area contributed by atoms with E-state index < -0.39 is 5.41 Å². The summed E-state index contributed by atoms with van der Waals surface area (Å²) in [4.78, 5) is 31.9. The number of nitrogens with zero attached hydrogens (tertiary/aromatic N) is 4. The third-order valence-electron chi connectivity index (χ3n) is 5.29. The fourth-order valence-corrected chi connectivity index (χ4v) is 4.32. The second-order valence-electron chi connectivity index (χ2n) is 7.02. The average molecular weight is 383 g/mol. The van der Waals surface area contributed by atoms with Gasteiger partial charge in [0.1, 0.15) is 11.5 Å². The quantitative estimate of drug-likeness (QED) is 0.749. The van der Waals surface area contributed by atoms with Crippen molar-refractivity contribution in [3.05, 3.63) is 57.3 Å². The Balaban J connectivity index is 1.71. The lowest BCUT2D eigenvalue weighted by atomic mass is 9.72. The molecule has 3 aromatic rings. The van der Waals surface area contributed by atoms with E-state index in [1.165, 1.54) is 15.9 Å². The van der Waals surface area contributed by atoms with E-state index in [1.807, 2.05) is 30.3 Å². The van der Waals surface area contributed by atoms with Crippen LogP contribution in [0.4, 0.5) is 5.82 Å². The van der Waals surface area contributed by atoms with Crippen LogP contribution in [0.25, 0.3) is 4.96 Å². The molecule has 27 heavy (non-hydrogen) atoms. The standard InChI is InChI=1S/C19H21N5O2S/c1-13-16(25)21-18-24(22-13)15(12-27-18)20-17(26)19(8-10-23(2)11-9-19)14-6-4-3-5-7-14/h3-7,12H,8-11H2,1-2H3,(H,20,26). The molecule has 140 valence electrons. The van der Waals surface area contributed by atoms with E-state index in [1.54, 1.807) is 12.3 Å². The van der Waals surface area contributed by atoms with Gasteiger partial charge in [0, 0.05) is 5.38 Å². The van der Waals surface area contributed by atoms with Gasteiger partial charge in [-0.25, -0.2) is 0 Å². The molecule has 0 unspecified atom stereocenters. The molecule has 0 aliphatic carbocycles. The number of thiazole rings is 1. The number of anilines is 1. The van der Waals surface area contributed by atoms with Crippen LogP contribution >= 0.6 is 11.3 Å². The minimum absolute atomic E-state index is 0.0420. The second kappa shape index (κ2) is 6.86. The van der Waals surface area contributed by atoms with Gasteiger partial charge in [0.2, 0.25) is 10.9 Å². The van der Waals surface area contributed by atoms with E-state index in [2.05, 4.69) is 27.3 Å². The molecule has 0 radical (unpaired) electrons. The van der Waals surface area contributed by atoms with Gasteiger partial charge < -0.3 is 10.2 Å². The van der Waals surface area contributed by atoms with Crippen LogP contribution in [0.3, 0.4) is 0 Å². The fraction of sp³-hybridized carbons (Fsp3) is 0.368. The molecule has 3 heterocycles. The molecule has 1 amide bonds. The van der Waals surface area contributed by atoms with Crippen molar-refractivity contribution in [3.8, 4) is 0 Å². The van der Waals surface area contributed by atoms with Crippen molar-refractivity contribution in [2.45, 2.75) is 25.2 Å². The van der Waals surface area contributed by atoms with E-state index in [4.69, 9.17) is 0 Å². The van der Waals surface area contributed by atoms with Crippen LogP contribution in [-0.4, -0.2) is 45.5 Å². The first-order valence-corrected chi connectivity index (χ1v) is 9.78. The number of nitrogens with one attached hydrogen (secondary N) is 1. The van der Waals surface area contributed by atoms with E-state index in [9.17, 15) is 9.59 Å². The molecule has 1 aliphatic heterocycles. The molecular weight excluding hydrogens is 362 g/mol. The lowest BCUT2D eigenvalue weighted by molar-refractivity contribution is -0.123. The number of fused-ring (bicyclic) bond motifs is 1. The summed E-state index contributed by atoms with van der Waals surface area (Å²) >= 11 is 1.29. The number of likely N-dealkylation sites (tertiary alicyclic amines) is 1. The molecule has 1 aliphatic rings. The highest BCUT2D eigenvalue weighted by atomic mass is 32.1. The summed E-state index contributed by atoms with van der Waals surface area (Å²) in [7, 11) is 2.08. The lowest BCUT2D eigenvalue weighted by Crippen LogP contribution is -2.48. The van der Waals surface area contributed by atoms with Crippen molar-refractivity contribution < 1.29 is 4.79 Å². The van der Waals surface area contributed by atoms with Crippen molar-refractivity contribution in [3.63, 3.8) is 0 Å². The normalized spacial score (nSPS) is 17.1. The van der Waals surface area contributed by atoms with Gasteiger partial charge in [-0.2, -0.15) is 14.6 Å². The predicted octanol–water partition coefficient (Wildman–Crippen LogP) is 2.06. The average Bonchev–Trinajstić information content (AvgIpc) is 3.05. The van der Waals surface area contributed by atoms with Crippen molar-refractivity contribution in [1.82, 2.24) is 19.5 Å². The van der Waals surface area contributed by atoms with Crippen LogP contribution in [0.1, 0.15) is 24.1 Å². The van der Waals surface area contributed by atoms with E-state index in [0.717, 1.165) is 31.5 Å². The Kier molecular flexibility index (Phi) is 4.53. The van der Waals surface area contributed by atoms with Crippen molar-refractivity contribution in [1.29, 1.82) is 0 Å². The summed E-state index contributed by atoms with van der Waals surface area (Å²) in [5.41, 5.74) is 0.414. The summed E-state index contributed by atoms with van der Waals surface area (Å²) in [5, 5.41) is 9.09. The third-order valence-corrected chi connectivity index (χ3v) is 6.10. The monoisotopic (exact) mass is 383 g/mol. The third kappa shape index (κ3) is 3.15. The summed E-state index contributed by atoms with van der Waals surface area (Å²) in [6.07, 6.45) is 1.50. The number of aromatic nitrogens is 3. The van der Waals surface area contributed by atoms with Gasteiger partial charge in [0.05, 0.1) is 5.41 Å². The van der Waals surface area contributed by atoms with Gasteiger partial charge in [-0.15, -0.1) is 11.3 Å². The van der Waals surface area contributed by atoms with E-state index in [-0.39, 0.29) is 11.5 Å². The molecule has 1 N–H and O–H groups in total. The van der Waals surface area contributed by atoms with Crippen molar-refractivity contribution >= 4 is 28.0 Å². The van der Waals surface area contributed by atoms with Gasteiger partial charge in [-0.05, 0) is 45.5 Å². The van der Waals surface area contributed by atoms with Crippen LogP contribution in [0.15, 0.2) is 40.5 Å². The van der Waals surface area contributed by atoms with Crippen LogP contribution in [0.2, 0.25) is 0 Å². The summed E-state index contributed by atoms with van der Waals surface area (Å²) in [6, 6.07) is 9.96. The topological polar surface area (TPSA) is 79.6 Å². The number of benzene rings is 1. The molecule has 0 atom stereocenters. The second-order valence-corrected chi connectivity index (χ2v) is 7.86. The van der Waals surface area contributed by atoms with Crippen LogP contribution in [-0.2, 0) is 10.2 Å². The highest BCUT2D eigenvalue weighted by molar-refractivity contribution is 7.15. The fourth-order valence-electron chi connectivity index (χ4n) is 3.56. The molecule has 7 nitrogen and oxygen atoms in total. The number of rotatable bonds is 3. The predicted molar refractivity (Wildman–Crippen MR) is 105 cm³/mol. The van der Waals surface area contributed by atoms with Gasteiger partial charge in [-0.1, -0.05) is 30.3 Å². The molecule has 4 rings (SSSR count). The number of hydrogen-bond donors (Lipinski definition) is 1. The molecule has 2 aromatic heterocycles. The lowest BCUT2D eigenvalue weighted by Gasteiger charge is -2.39. The summed E-state index contributed by atoms with van der Waals surface area (Å²) in [6.45, 7) is 3.34. The largest absolute Gasteiger partial charge is 0.309 e. The van der Waals surface area contributed by atoms with Gasteiger partial charge in [0.25, 0.3) is 5.56 Å². The molecule has 0 saturated carbocycles. The van der Waals surface area contributed by atoms with E-state index >= 15 is 0 Å². The highest BCUT2D eigenvalue weighted by Gasteiger charge is 2.42. The Morgan fingerprint density at radius 3 is 2.63 bits per heavy atom. The van der Waals surface area contributed by atoms with Crippen molar-refractivity contribution in [2.24, 2.45) is 0 Å². The maximum absolute atomic E-state index is 13.4. The zero-order valence-corrected chi connectivity index (χ0v) is 16.1. The highest BCUT2D eigenvalue weighted by Crippen LogP contribution is 2.36. The Bertz CT molecular complexity index is 1040. The van der Waals surface area contributed by atoms with Gasteiger partial charge in [-0.3, -0.25) is 9.59 Å². The molecular formula is C19H21N5O2S. The SMILES string of the molecule is Cc1nn2c(NC(=O)C3(c4ccccc4)CCN(C)CC3)csc2nc1=O. The summed E-state index contributed by atoms with van der Waals surface area (Å²) < 4.78 is 1.53. The minimum atomic E-state index is -0.580. The Morgan fingerprint density at radius 1 is 1.22 bits per heavy atom. The first-order chi connectivity index (χ1) is 13.0. The Morgan fingerprint density at radius 2 is 1.93 bits per heavy atom. The van der Waals surface area contributed by atoms with Gasteiger partial charge in [0.15, 0.2) is 0 Å². The Hall–Kier alpha value is -2.58. The smallest absolute Gasteiger partial charge is 0.295 e. The van der Waals surface area contributed by atoms with Crippen LogP contribution in [0.5, 0.6) is 0 Å². The van der Waals surface area contributed by atoms with Gasteiger partial charge >= 0.3 is 0 Å². The maximum atomic E-state index is 13.4. The number of amides is 1. The number of hydrogen-bond acceptors (Lipinski definition) is 6. The number of piperidine rings is 1.